The highest BCUT2D eigenvalue weighted by Gasteiger charge is 2.35. The van der Waals surface area contributed by atoms with Crippen LogP contribution in [0.3, 0.4) is 0 Å². The van der Waals surface area contributed by atoms with Gasteiger partial charge in [-0.25, -0.2) is 13.1 Å². The minimum atomic E-state index is -3.53. The Labute approximate surface area is 115 Å². The van der Waals surface area contributed by atoms with Gasteiger partial charge in [-0.05, 0) is 18.8 Å². The minimum absolute atomic E-state index is 0.0766. The molecule has 0 fully saturated rings. The first-order chi connectivity index (χ1) is 8.64. The summed E-state index contributed by atoms with van der Waals surface area (Å²) >= 11 is 0. The quantitative estimate of drug-likeness (QED) is 0.532. The second-order valence-electron chi connectivity index (χ2n) is 5.33. The zero-order valence-electron chi connectivity index (χ0n) is 12.4. The van der Waals surface area contributed by atoms with Crippen molar-refractivity contribution in [1.29, 1.82) is 0 Å². The van der Waals surface area contributed by atoms with E-state index in [1.54, 1.807) is 27.7 Å². The van der Waals surface area contributed by atoms with E-state index < -0.39 is 27.4 Å². The van der Waals surface area contributed by atoms with E-state index in [9.17, 15) is 13.2 Å². The van der Waals surface area contributed by atoms with E-state index in [0.29, 0.717) is 13.0 Å². The van der Waals surface area contributed by atoms with Crippen molar-refractivity contribution in [2.75, 3.05) is 26.1 Å². The molecule has 1 atom stereocenters. The Kier molecular flexibility index (Phi) is 7.54. The summed E-state index contributed by atoms with van der Waals surface area (Å²) in [6, 6.07) is -0.889. The summed E-state index contributed by atoms with van der Waals surface area (Å²) in [4.78, 5) is 11.8. The van der Waals surface area contributed by atoms with Crippen LogP contribution in [-0.4, -0.2) is 46.5 Å². The van der Waals surface area contributed by atoms with Gasteiger partial charge in [-0.15, -0.1) is 0 Å². The zero-order chi connectivity index (χ0) is 15.1. The van der Waals surface area contributed by atoms with Gasteiger partial charge in [0.05, 0.1) is 12.4 Å². The van der Waals surface area contributed by atoms with Gasteiger partial charge in [0.25, 0.3) is 0 Å². The Morgan fingerprint density at radius 3 is 2.32 bits per heavy atom. The molecular formula is C12H25NO5S. The molecule has 0 saturated carbocycles. The Bertz CT molecular complexity index is 372. The highest BCUT2D eigenvalue weighted by atomic mass is 32.2. The summed E-state index contributed by atoms with van der Waals surface area (Å²) in [6.45, 7) is 7.62. The third-order valence-electron chi connectivity index (χ3n) is 2.45. The number of hydrogen-bond donors (Lipinski definition) is 1. The van der Waals surface area contributed by atoms with Gasteiger partial charge in [-0.2, -0.15) is 0 Å². The second kappa shape index (κ2) is 7.81. The summed E-state index contributed by atoms with van der Waals surface area (Å²) in [5, 5.41) is 0. The van der Waals surface area contributed by atoms with Crippen LogP contribution < -0.4 is 4.72 Å². The number of hydrogen-bond acceptors (Lipinski definition) is 5. The number of carbonyl (C=O) groups is 1. The van der Waals surface area contributed by atoms with Gasteiger partial charge >= 0.3 is 5.97 Å². The Morgan fingerprint density at radius 2 is 1.89 bits per heavy atom. The average Bonchev–Trinajstić information content (AvgIpc) is 2.25. The molecule has 0 heterocycles. The first-order valence-electron chi connectivity index (χ1n) is 6.29. The van der Waals surface area contributed by atoms with Crippen molar-refractivity contribution in [1.82, 2.24) is 4.72 Å². The Hall–Kier alpha value is -0.660. The molecule has 0 aromatic rings. The summed E-state index contributed by atoms with van der Waals surface area (Å²) in [6.07, 6.45) is 0.380. The van der Waals surface area contributed by atoms with Gasteiger partial charge in [0.2, 0.25) is 10.0 Å². The molecule has 0 rings (SSSR count). The second-order valence-corrected chi connectivity index (χ2v) is 7.21. The van der Waals surface area contributed by atoms with Crippen LogP contribution in [0.5, 0.6) is 0 Å². The molecule has 0 bridgehead atoms. The van der Waals surface area contributed by atoms with Crippen LogP contribution >= 0.6 is 0 Å². The lowest BCUT2D eigenvalue weighted by atomic mass is 9.87. The molecule has 0 unspecified atom stereocenters. The maximum absolute atomic E-state index is 11.9. The molecule has 0 saturated heterocycles. The number of methoxy groups -OCH3 is 1. The van der Waals surface area contributed by atoms with E-state index in [2.05, 4.69) is 4.72 Å². The lowest BCUT2D eigenvalue weighted by molar-refractivity contribution is -0.147. The average molecular weight is 295 g/mol. The molecule has 0 aliphatic heterocycles. The fraction of sp³-hybridized carbons (Fsp3) is 0.917. The molecule has 19 heavy (non-hydrogen) atoms. The highest BCUT2D eigenvalue weighted by Crippen LogP contribution is 2.21. The molecule has 0 radical (unpaired) electrons. The van der Waals surface area contributed by atoms with Crippen molar-refractivity contribution in [3.05, 3.63) is 0 Å². The fourth-order valence-corrected chi connectivity index (χ4v) is 2.86. The van der Waals surface area contributed by atoms with Crippen molar-refractivity contribution < 1.29 is 22.7 Å². The lowest BCUT2D eigenvalue weighted by Crippen LogP contribution is -2.50. The summed E-state index contributed by atoms with van der Waals surface area (Å²) in [7, 11) is -2.02. The van der Waals surface area contributed by atoms with Crippen molar-refractivity contribution in [3.8, 4) is 0 Å². The molecule has 6 nitrogen and oxygen atoms in total. The predicted molar refractivity (Wildman–Crippen MR) is 73.3 cm³/mol. The Balaban J connectivity index is 4.78. The van der Waals surface area contributed by atoms with E-state index in [-0.39, 0.29) is 12.4 Å². The molecule has 7 heteroatoms. The molecule has 0 aromatic carbocycles. The third-order valence-corrected chi connectivity index (χ3v) is 3.87. The maximum Gasteiger partial charge on any atom is 0.324 e. The minimum Gasteiger partial charge on any atom is -0.465 e. The van der Waals surface area contributed by atoms with Crippen molar-refractivity contribution in [2.45, 2.75) is 40.2 Å². The molecule has 1 N–H and O–H groups in total. The van der Waals surface area contributed by atoms with E-state index in [4.69, 9.17) is 9.47 Å². The largest absolute Gasteiger partial charge is 0.465 e. The molecule has 0 amide bonds. The van der Waals surface area contributed by atoms with E-state index in [1.165, 1.54) is 7.11 Å². The van der Waals surface area contributed by atoms with Gasteiger partial charge in [0.1, 0.15) is 6.04 Å². The van der Waals surface area contributed by atoms with Crippen LogP contribution in [0.2, 0.25) is 0 Å². The summed E-state index contributed by atoms with van der Waals surface area (Å²) in [5.74, 6) is -0.627. The molecular weight excluding hydrogens is 270 g/mol. The van der Waals surface area contributed by atoms with Crippen LogP contribution in [0.15, 0.2) is 0 Å². The molecule has 0 aliphatic rings. The predicted octanol–water partition coefficient (Wildman–Crippen LogP) is 0.920. The van der Waals surface area contributed by atoms with Crippen LogP contribution in [0, 0.1) is 5.41 Å². The summed E-state index contributed by atoms with van der Waals surface area (Å²) in [5.41, 5.74) is -0.555. The zero-order valence-corrected chi connectivity index (χ0v) is 13.2. The molecule has 0 spiro atoms. The van der Waals surface area contributed by atoms with Crippen molar-refractivity contribution in [2.24, 2.45) is 5.41 Å². The topological polar surface area (TPSA) is 81.7 Å². The molecule has 0 aliphatic carbocycles. The van der Waals surface area contributed by atoms with Crippen LogP contribution in [0.1, 0.15) is 34.1 Å². The fourth-order valence-electron chi connectivity index (χ4n) is 1.44. The van der Waals surface area contributed by atoms with E-state index in [0.717, 1.165) is 0 Å². The number of nitrogens with one attached hydrogen (secondary N) is 1. The van der Waals surface area contributed by atoms with Gasteiger partial charge < -0.3 is 9.47 Å². The van der Waals surface area contributed by atoms with E-state index in [1.807, 2.05) is 0 Å². The lowest BCUT2D eigenvalue weighted by Gasteiger charge is -2.29. The SMILES string of the molecule is CCOC(=O)[C@@H](NS(=O)(=O)CCCOC)C(C)(C)C. The normalized spacial score (nSPS) is 14.2. The van der Waals surface area contributed by atoms with Crippen LogP contribution in [0.25, 0.3) is 0 Å². The highest BCUT2D eigenvalue weighted by molar-refractivity contribution is 7.89. The van der Waals surface area contributed by atoms with Gasteiger partial charge in [-0.1, -0.05) is 20.8 Å². The van der Waals surface area contributed by atoms with Gasteiger partial charge in [0.15, 0.2) is 0 Å². The monoisotopic (exact) mass is 295 g/mol. The van der Waals surface area contributed by atoms with E-state index >= 15 is 0 Å². The smallest absolute Gasteiger partial charge is 0.324 e. The standard InChI is InChI=1S/C12H25NO5S/c1-6-18-11(14)10(12(2,3)4)13-19(15,16)9-7-8-17-5/h10,13H,6-9H2,1-5H3/t10-/m1/s1. The molecule has 0 aromatic heterocycles. The molecule has 114 valence electrons. The Morgan fingerprint density at radius 1 is 1.32 bits per heavy atom. The van der Waals surface area contributed by atoms with Crippen LogP contribution in [0.4, 0.5) is 0 Å². The first-order valence-corrected chi connectivity index (χ1v) is 7.95. The summed E-state index contributed by atoms with van der Waals surface area (Å²) < 4.78 is 35.9. The van der Waals surface area contributed by atoms with Gasteiger partial charge in [0, 0.05) is 13.7 Å². The van der Waals surface area contributed by atoms with Gasteiger partial charge in [-0.3, -0.25) is 4.79 Å². The number of ether oxygens (including phenoxy) is 2. The number of esters is 1. The third kappa shape index (κ3) is 7.49. The number of rotatable bonds is 8. The van der Waals surface area contributed by atoms with Crippen molar-refractivity contribution in [3.63, 3.8) is 0 Å². The number of carbonyl (C=O) groups excluding carboxylic acids is 1. The maximum atomic E-state index is 11.9. The number of sulfonamides is 1. The van der Waals surface area contributed by atoms with Crippen molar-refractivity contribution >= 4 is 16.0 Å². The first kappa shape index (κ1) is 18.3. The van der Waals surface area contributed by atoms with Crippen LogP contribution in [-0.2, 0) is 24.3 Å².